The minimum atomic E-state index is -0.247. The van der Waals surface area contributed by atoms with E-state index in [0.29, 0.717) is 13.0 Å². The Bertz CT molecular complexity index is 390. The topological polar surface area (TPSA) is 52.6 Å². The zero-order valence-corrected chi connectivity index (χ0v) is 22.1. The molecule has 4 heteroatoms. The van der Waals surface area contributed by atoms with Gasteiger partial charge in [-0.2, -0.15) is 5.06 Å². The number of carbonyl (C=O) groups is 1. The van der Waals surface area contributed by atoms with E-state index in [1.807, 2.05) is 13.8 Å². The number of hydrogen-bond donors (Lipinski definition) is 2. The lowest BCUT2D eigenvalue weighted by molar-refractivity contribution is -0.148. The minimum absolute atomic E-state index is 0.0685. The molecule has 0 spiro atoms. The highest BCUT2D eigenvalue weighted by atomic mass is 16.5. The van der Waals surface area contributed by atoms with Crippen LogP contribution in [0.15, 0.2) is 0 Å². The Morgan fingerprint density at radius 3 is 1.34 bits per heavy atom. The molecule has 0 aromatic carbocycles. The monoisotopic (exact) mass is 454 g/mol. The average molecular weight is 455 g/mol. The van der Waals surface area contributed by atoms with Crippen molar-refractivity contribution >= 4 is 5.91 Å². The summed E-state index contributed by atoms with van der Waals surface area (Å²) in [4.78, 5) is 12.1. The first-order chi connectivity index (χ1) is 15.7. The van der Waals surface area contributed by atoms with Crippen LogP contribution in [0.1, 0.15) is 162 Å². The highest BCUT2D eigenvalue weighted by molar-refractivity contribution is 5.76. The summed E-state index contributed by atoms with van der Waals surface area (Å²) in [7, 11) is 0. The summed E-state index contributed by atoms with van der Waals surface area (Å²) in [6, 6.07) is 0. The van der Waals surface area contributed by atoms with Crippen LogP contribution < -0.4 is 5.32 Å². The first kappa shape index (κ1) is 31.4. The van der Waals surface area contributed by atoms with E-state index in [2.05, 4.69) is 12.2 Å². The third-order valence-electron chi connectivity index (χ3n) is 6.53. The molecule has 0 aliphatic rings. The van der Waals surface area contributed by atoms with Gasteiger partial charge in [0.2, 0.25) is 5.91 Å². The molecule has 0 rings (SSSR count). The molecule has 2 N–H and O–H groups in total. The fraction of sp³-hybridized carbons (Fsp3) is 0.964. The van der Waals surface area contributed by atoms with E-state index in [9.17, 15) is 10.0 Å². The van der Waals surface area contributed by atoms with E-state index < -0.39 is 0 Å². The zero-order valence-electron chi connectivity index (χ0n) is 22.1. The third kappa shape index (κ3) is 21.2. The van der Waals surface area contributed by atoms with E-state index in [0.717, 1.165) is 25.7 Å². The van der Waals surface area contributed by atoms with Crippen molar-refractivity contribution in [3.8, 4) is 0 Å². The summed E-state index contributed by atoms with van der Waals surface area (Å²) in [5, 5.41) is 14.1. The number of nitrogens with one attached hydrogen (secondary N) is 1. The lowest BCUT2D eigenvalue weighted by Crippen LogP contribution is -2.46. The molecule has 0 saturated carbocycles. The lowest BCUT2D eigenvalue weighted by atomic mass is 10.0. The Balaban J connectivity index is 3.30. The standard InChI is InChI=1S/C28H58N2O2/c1-4-7-8-9-10-11-12-13-14-15-16-17-18-19-20-21-22-23-24-25-28(31)29-27(6-3)30(32)26-5-2/h27,32H,4-26H2,1-3H3,(H,29,31). The number of hydrogen-bond acceptors (Lipinski definition) is 3. The zero-order chi connectivity index (χ0) is 23.7. The summed E-state index contributed by atoms with van der Waals surface area (Å²) in [6.45, 7) is 6.89. The van der Waals surface area contributed by atoms with Gasteiger partial charge in [0.1, 0.15) is 6.17 Å². The maximum absolute atomic E-state index is 12.1. The summed E-state index contributed by atoms with van der Waals surface area (Å²) in [5.41, 5.74) is 0. The highest BCUT2D eigenvalue weighted by Crippen LogP contribution is 2.15. The van der Waals surface area contributed by atoms with E-state index >= 15 is 0 Å². The maximum Gasteiger partial charge on any atom is 0.221 e. The van der Waals surface area contributed by atoms with Crippen molar-refractivity contribution in [3.63, 3.8) is 0 Å². The van der Waals surface area contributed by atoms with Crippen LogP contribution in [0.5, 0.6) is 0 Å². The fourth-order valence-corrected chi connectivity index (χ4v) is 4.39. The molecule has 0 radical (unpaired) electrons. The van der Waals surface area contributed by atoms with Crippen molar-refractivity contribution in [2.24, 2.45) is 0 Å². The highest BCUT2D eigenvalue weighted by Gasteiger charge is 2.15. The summed E-state index contributed by atoms with van der Waals surface area (Å²) in [6.07, 6.45) is 27.9. The predicted molar refractivity (Wildman–Crippen MR) is 139 cm³/mol. The van der Waals surface area contributed by atoms with Gasteiger partial charge in [0.25, 0.3) is 0 Å². The van der Waals surface area contributed by atoms with Gasteiger partial charge in [-0.05, 0) is 19.3 Å². The first-order valence-corrected chi connectivity index (χ1v) is 14.4. The number of hydroxylamine groups is 2. The molecule has 0 aliphatic carbocycles. The molecular weight excluding hydrogens is 396 g/mol. The molecule has 0 bridgehead atoms. The molecule has 0 heterocycles. The molecule has 4 nitrogen and oxygen atoms in total. The predicted octanol–water partition coefficient (Wildman–Crippen LogP) is 8.76. The molecule has 0 aromatic heterocycles. The van der Waals surface area contributed by atoms with Gasteiger partial charge in [-0.3, -0.25) is 4.79 Å². The normalized spacial score (nSPS) is 12.4. The largest absolute Gasteiger partial charge is 0.339 e. The van der Waals surface area contributed by atoms with E-state index in [4.69, 9.17) is 0 Å². The summed E-state index contributed by atoms with van der Waals surface area (Å²) < 4.78 is 0. The van der Waals surface area contributed by atoms with Crippen molar-refractivity contribution in [1.82, 2.24) is 10.4 Å². The molecule has 32 heavy (non-hydrogen) atoms. The van der Waals surface area contributed by atoms with Crippen LogP contribution in [0.3, 0.4) is 0 Å². The third-order valence-corrected chi connectivity index (χ3v) is 6.53. The van der Waals surface area contributed by atoms with Crippen molar-refractivity contribution < 1.29 is 10.0 Å². The molecule has 0 aromatic rings. The molecular formula is C28H58N2O2. The Labute approximate surface area is 201 Å². The smallest absolute Gasteiger partial charge is 0.221 e. The second-order valence-electron chi connectivity index (χ2n) is 9.77. The van der Waals surface area contributed by atoms with Crippen LogP contribution >= 0.6 is 0 Å². The number of unbranched alkanes of at least 4 members (excludes halogenated alkanes) is 18. The van der Waals surface area contributed by atoms with Gasteiger partial charge in [0.15, 0.2) is 0 Å². The van der Waals surface area contributed by atoms with Crippen LogP contribution in [0.2, 0.25) is 0 Å². The quantitative estimate of drug-likeness (QED) is 0.0823. The van der Waals surface area contributed by atoms with Gasteiger partial charge in [-0.1, -0.05) is 136 Å². The lowest BCUT2D eigenvalue weighted by Gasteiger charge is -2.25. The van der Waals surface area contributed by atoms with Gasteiger partial charge >= 0.3 is 0 Å². The molecule has 1 amide bonds. The summed E-state index contributed by atoms with van der Waals surface area (Å²) in [5.74, 6) is 0.0685. The molecule has 1 atom stereocenters. The first-order valence-electron chi connectivity index (χ1n) is 14.4. The maximum atomic E-state index is 12.1. The van der Waals surface area contributed by atoms with Gasteiger partial charge in [0, 0.05) is 13.0 Å². The second-order valence-corrected chi connectivity index (χ2v) is 9.77. The molecule has 0 saturated heterocycles. The average Bonchev–Trinajstić information content (AvgIpc) is 2.79. The second kappa shape index (κ2) is 25.0. The van der Waals surface area contributed by atoms with Crippen molar-refractivity contribution in [1.29, 1.82) is 0 Å². The van der Waals surface area contributed by atoms with Crippen molar-refractivity contribution in [3.05, 3.63) is 0 Å². The van der Waals surface area contributed by atoms with Gasteiger partial charge in [-0.15, -0.1) is 0 Å². The molecule has 0 aliphatic heterocycles. The Morgan fingerprint density at radius 1 is 0.625 bits per heavy atom. The van der Waals surface area contributed by atoms with Crippen molar-refractivity contribution in [2.75, 3.05) is 6.54 Å². The van der Waals surface area contributed by atoms with Crippen molar-refractivity contribution in [2.45, 2.75) is 168 Å². The Hall–Kier alpha value is -0.610. The number of carbonyl (C=O) groups excluding carboxylic acids is 1. The van der Waals surface area contributed by atoms with E-state index in [1.165, 1.54) is 114 Å². The molecule has 192 valence electrons. The number of amides is 1. The van der Waals surface area contributed by atoms with Gasteiger partial charge < -0.3 is 10.5 Å². The van der Waals surface area contributed by atoms with Crippen LogP contribution in [-0.2, 0) is 4.79 Å². The SMILES string of the molecule is CCCCCCCCCCCCCCCCCCCCCC(=O)NC(CC)N(O)CCC. The van der Waals surface area contributed by atoms with E-state index in [-0.39, 0.29) is 12.1 Å². The number of rotatable bonds is 25. The van der Waals surface area contributed by atoms with Gasteiger partial charge in [0.05, 0.1) is 0 Å². The minimum Gasteiger partial charge on any atom is -0.339 e. The Morgan fingerprint density at radius 2 is 1.00 bits per heavy atom. The Kier molecular flexibility index (Phi) is 24.5. The molecule has 0 fully saturated rings. The van der Waals surface area contributed by atoms with Gasteiger partial charge in [-0.25, -0.2) is 0 Å². The van der Waals surface area contributed by atoms with Crippen LogP contribution in [-0.4, -0.2) is 28.9 Å². The number of nitrogens with zero attached hydrogens (tertiary/aromatic N) is 1. The fourth-order valence-electron chi connectivity index (χ4n) is 4.39. The molecule has 1 unspecified atom stereocenters. The van der Waals surface area contributed by atoms with Crippen LogP contribution in [0.4, 0.5) is 0 Å². The summed E-state index contributed by atoms with van der Waals surface area (Å²) >= 11 is 0. The van der Waals surface area contributed by atoms with Crippen LogP contribution in [0.25, 0.3) is 0 Å². The van der Waals surface area contributed by atoms with Crippen LogP contribution in [0, 0.1) is 0 Å². The van der Waals surface area contributed by atoms with E-state index in [1.54, 1.807) is 0 Å².